The van der Waals surface area contributed by atoms with Crippen molar-refractivity contribution in [3.05, 3.63) is 101 Å². The molecule has 1 aromatic heterocycles. The number of para-hydroxylation sites is 1. The molecule has 168 valence electrons. The van der Waals surface area contributed by atoms with E-state index >= 15 is 0 Å². The quantitative estimate of drug-likeness (QED) is 0.392. The molecule has 0 saturated carbocycles. The summed E-state index contributed by atoms with van der Waals surface area (Å²) in [6.07, 6.45) is 0. The lowest BCUT2D eigenvalue weighted by atomic mass is 10.2. The first-order valence-electron chi connectivity index (χ1n) is 9.99. The normalized spacial score (nSPS) is 11.1. The number of anilines is 2. The molecule has 33 heavy (non-hydrogen) atoms. The van der Waals surface area contributed by atoms with E-state index in [1.165, 1.54) is 34.8 Å². The van der Waals surface area contributed by atoms with E-state index in [9.17, 15) is 13.2 Å². The summed E-state index contributed by atoms with van der Waals surface area (Å²) in [5.74, 6) is 0.267. The van der Waals surface area contributed by atoms with Crippen molar-refractivity contribution in [2.45, 2.75) is 11.5 Å². The van der Waals surface area contributed by atoms with Crippen LogP contribution < -0.4 is 14.4 Å². The molecular formula is C24H21N3O4S2. The topological polar surface area (TPSA) is 88.6 Å². The third-order valence-corrected chi connectivity index (χ3v) is 7.27. The second kappa shape index (κ2) is 9.85. The Bertz CT molecular complexity index is 1320. The van der Waals surface area contributed by atoms with Crippen LogP contribution in [0, 0.1) is 0 Å². The molecular weight excluding hydrogens is 458 g/mol. The van der Waals surface area contributed by atoms with E-state index in [2.05, 4.69) is 10.3 Å². The number of hydrogen-bond donors (Lipinski definition) is 1. The van der Waals surface area contributed by atoms with Crippen molar-refractivity contribution in [2.75, 3.05) is 16.7 Å². The zero-order valence-corrected chi connectivity index (χ0v) is 19.3. The summed E-state index contributed by atoms with van der Waals surface area (Å²) >= 11 is 1.50. The van der Waals surface area contributed by atoms with Gasteiger partial charge >= 0.3 is 0 Å². The van der Waals surface area contributed by atoms with Crippen LogP contribution in [0.3, 0.4) is 0 Å². The van der Waals surface area contributed by atoms with Gasteiger partial charge in [0.2, 0.25) is 0 Å². The van der Waals surface area contributed by atoms with E-state index in [4.69, 9.17) is 4.74 Å². The first-order chi connectivity index (χ1) is 15.9. The fourth-order valence-electron chi connectivity index (χ4n) is 3.04. The van der Waals surface area contributed by atoms with E-state index in [-0.39, 0.29) is 10.8 Å². The van der Waals surface area contributed by atoms with Crippen molar-refractivity contribution in [3.8, 4) is 5.75 Å². The highest BCUT2D eigenvalue weighted by Crippen LogP contribution is 2.24. The Hall–Kier alpha value is -3.69. The molecule has 0 saturated heterocycles. The van der Waals surface area contributed by atoms with E-state index < -0.39 is 10.0 Å². The maximum atomic E-state index is 13.0. The van der Waals surface area contributed by atoms with Crippen molar-refractivity contribution in [1.29, 1.82) is 0 Å². The molecule has 0 bridgehead atoms. The van der Waals surface area contributed by atoms with Gasteiger partial charge in [-0.05, 0) is 54.6 Å². The highest BCUT2D eigenvalue weighted by atomic mass is 32.2. The standard InChI is InChI=1S/C24H21N3O4S2/c1-27(21-7-3-2-4-8-21)33(29,30)23-9-5-6-19(14-23)26-24(28)18-10-12-22(13-11-18)31-15-20-16-32-17-25-20/h2-14,16-17H,15H2,1H3,(H,26,28). The first kappa shape index (κ1) is 22.5. The molecule has 1 N–H and O–H groups in total. The number of hydrogen-bond acceptors (Lipinski definition) is 6. The maximum Gasteiger partial charge on any atom is 0.264 e. The molecule has 0 spiro atoms. The minimum absolute atomic E-state index is 0.0810. The molecule has 0 fully saturated rings. The van der Waals surface area contributed by atoms with Gasteiger partial charge in [-0.1, -0.05) is 24.3 Å². The molecule has 0 aliphatic carbocycles. The minimum Gasteiger partial charge on any atom is -0.487 e. The number of thiazole rings is 1. The molecule has 0 unspecified atom stereocenters. The van der Waals surface area contributed by atoms with Crippen molar-refractivity contribution >= 4 is 38.6 Å². The summed E-state index contributed by atoms with van der Waals surface area (Å²) in [6.45, 7) is 0.355. The summed E-state index contributed by atoms with van der Waals surface area (Å²) in [7, 11) is -2.29. The largest absolute Gasteiger partial charge is 0.487 e. The van der Waals surface area contributed by atoms with Crippen LogP contribution in [-0.2, 0) is 16.6 Å². The lowest BCUT2D eigenvalue weighted by Crippen LogP contribution is -2.26. The number of aromatic nitrogens is 1. The lowest BCUT2D eigenvalue weighted by molar-refractivity contribution is 0.102. The zero-order valence-electron chi connectivity index (χ0n) is 17.7. The van der Waals surface area contributed by atoms with E-state index in [0.717, 1.165) is 5.69 Å². The van der Waals surface area contributed by atoms with Crippen LogP contribution in [0.25, 0.3) is 0 Å². The average Bonchev–Trinajstić information content (AvgIpc) is 3.37. The predicted molar refractivity (Wildman–Crippen MR) is 129 cm³/mol. The third kappa shape index (κ3) is 5.39. The number of ether oxygens (including phenoxy) is 1. The molecule has 0 radical (unpaired) electrons. The van der Waals surface area contributed by atoms with Crippen molar-refractivity contribution in [2.24, 2.45) is 0 Å². The number of carbonyl (C=O) groups is 1. The van der Waals surface area contributed by atoms with Crippen LogP contribution in [0.15, 0.2) is 94.6 Å². The molecule has 3 aromatic carbocycles. The van der Waals surface area contributed by atoms with Crippen LogP contribution in [0.4, 0.5) is 11.4 Å². The summed E-state index contributed by atoms with van der Waals surface area (Å²) in [5.41, 5.74) is 3.93. The predicted octanol–water partition coefficient (Wildman–Crippen LogP) is 4.80. The van der Waals surface area contributed by atoms with Gasteiger partial charge in [0, 0.05) is 23.7 Å². The first-order valence-corrected chi connectivity index (χ1v) is 12.4. The molecule has 4 aromatic rings. The molecule has 1 heterocycles. The average molecular weight is 480 g/mol. The van der Waals surface area contributed by atoms with Crippen LogP contribution in [-0.4, -0.2) is 26.4 Å². The Morgan fingerprint density at radius 3 is 2.48 bits per heavy atom. The Morgan fingerprint density at radius 1 is 1.03 bits per heavy atom. The fourth-order valence-corrected chi connectivity index (χ4v) is 4.83. The summed E-state index contributed by atoms with van der Waals surface area (Å²) in [4.78, 5) is 16.9. The monoisotopic (exact) mass is 479 g/mol. The second-order valence-corrected chi connectivity index (χ2v) is 9.77. The number of carbonyl (C=O) groups excluding carboxylic acids is 1. The van der Waals surface area contributed by atoms with Gasteiger partial charge in [-0.3, -0.25) is 9.10 Å². The van der Waals surface area contributed by atoms with E-state index in [1.54, 1.807) is 66.2 Å². The van der Waals surface area contributed by atoms with Crippen molar-refractivity contribution in [1.82, 2.24) is 4.98 Å². The number of benzene rings is 3. The summed E-state index contributed by atoms with van der Waals surface area (Å²) in [5, 5.41) is 4.66. The number of nitrogens with zero attached hydrogens (tertiary/aromatic N) is 2. The van der Waals surface area contributed by atoms with Crippen LogP contribution in [0.1, 0.15) is 16.1 Å². The molecule has 4 rings (SSSR count). The van der Waals surface area contributed by atoms with Gasteiger partial charge in [-0.2, -0.15) is 0 Å². The zero-order chi connectivity index (χ0) is 23.3. The second-order valence-electron chi connectivity index (χ2n) is 7.08. The lowest BCUT2D eigenvalue weighted by Gasteiger charge is -2.20. The fraction of sp³-hybridized carbons (Fsp3) is 0.0833. The minimum atomic E-state index is -3.78. The van der Waals surface area contributed by atoms with Crippen LogP contribution >= 0.6 is 11.3 Å². The molecule has 0 aliphatic heterocycles. The van der Waals surface area contributed by atoms with Gasteiger partial charge in [-0.25, -0.2) is 13.4 Å². The van der Waals surface area contributed by atoms with Crippen molar-refractivity contribution < 1.29 is 17.9 Å². The number of rotatable bonds is 8. The molecule has 0 atom stereocenters. The van der Waals surface area contributed by atoms with Crippen molar-refractivity contribution in [3.63, 3.8) is 0 Å². The number of amides is 1. The van der Waals surface area contributed by atoms with Gasteiger partial charge in [0.15, 0.2) is 0 Å². The molecule has 9 heteroatoms. The Kier molecular flexibility index (Phi) is 6.71. The molecule has 1 amide bonds. The molecule has 0 aliphatic rings. The van der Waals surface area contributed by atoms with Gasteiger partial charge in [-0.15, -0.1) is 11.3 Å². The third-order valence-electron chi connectivity index (χ3n) is 4.86. The van der Waals surface area contributed by atoms with Gasteiger partial charge in [0.05, 0.1) is 21.8 Å². The molecule has 7 nitrogen and oxygen atoms in total. The summed E-state index contributed by atoms with van der Waals surface area (Å²) in [6, 6.07) is 21.7. The Morgan fingerprint density at radius 2 is 1.79 bits per heavy atom. The van der Waals surface area contributed by atoms with E-state index in [0.29, 0.717) is 29.3 Å². The van der Waals surface area contributed by atoms with Crippen LogP contribution in [0.5, 0.6) is 5.75 Å². The van der Waals surface area contributed by atoms with Gasteiger partial charge in [0.1, 0.15) is 12.4 Å². The summed E-state index contributed by atoms with van der Waals surface area (Å²) < 4.78 is 32.9. The Balaban J connectivity index is 1.44. The van der Waals surface area contributed by atoms with E-state index in [1.807, 2.05) is 11.4 Å². The number of nitrogens with one attached hydrogen (secondary N) is 1. The Labute approximate surface area is 196 Å². The maximum absolute atomic E-state index is 13.0. The van der Waals surface area contributed by atoms with Gasteiger partial charge in [0.25, 0.3) is 15.9 Å². The smallest absolute Gasteiger partial charge is 0.264 e. The van der Waals surface area contributed by atoms with Gasteiger partial charge < -0.3 is 10.1 Å². The number of sulfonamides is 1. The van der Waals surface area contributed by atoms with Crippen LogP contribution in [0.2, 0.25) is 0 Å². The highest BCUT2D eigenvalue weighted by molar-refractivity contribution is 7.92. The highest BCUT2D eigenvalue weighted by Gasteiger charge is 2.21. The SMILES string of the molecule is CN(c1ccccc1)S(=O)(=O)c1cccc(NC(=O)c2ccc(OCc3cscn3)cc2)c1.